The summed E-state index contributed by atoms with van der Waals surface area (Å²) in [6.45, 7) is 2.40. The van der Waals surface area contributed by atoms with Crippen molar-refractivity contribution in [2.24, 2.45) is 0 Å². The van der Waals surface area contributed by atoms with Gasteiger partial charge in [-0.25, -0.2) is 0 Å². The van der Waals surface area contributed by atoms with E-state index in [0.29, 0.717) is 29.4 Å². The zero-order valence-corrected chi connectivity index (χ0v) is 15.9. The van der Waals surface area contributed by atoms with Gasteiger partial charge in [-0.15, -0.1) is 0 Å². The van der Waals surface area contributed by atoms with E-state index >= 15 is 0 Å². The number of rotatable bonds is 7. The Balaban J connectivity index is 2.19. The fraction of sp³-hybridized carbons (Fsp3) is 0.238. The molecule has 0 saturated carbocycles. The lowest BCUT2D eigenvalue weighted by molar-refractivity contribution is -0.112. The van der Waals surface area contributed by atoms with E-state index in [0.717, 1.165) is 5.69 Å². The number of ether oxygens (including phenoxy) is 2. The third-order valence-corrected chi connectivity index (χ3v) is 3.81. The van der Waals surface area contributed by atoms with Crippen molar-refractivity contribution >= 4 is 23.4 Å². The maximum Gasteiger partial charge on any atom is 0.266 e. The highest BCUT2D eigenvalue weighted by atomic mass is 16.5. The molecular formula is C21H23N3O3. The number of hydrogen-bond donors (Lipinski definition) is 1. The molecule has 0 aliphatic heterocycles. The van der Waals surface area contributed by atoms with E-state index in [1.165, 1.54) is 6.08 Å². The third-order valence-electron chi connectivity index (χ3n) is 3.81. The van der Waals surface area contributed by atoms with E-state index in [2.05, 4.69) is 5.32 Å². The molecule has 0 radical (unpaired) electrons. The van der Waals surface area contributed by atoms with Gasteiger partial charge < -0.3 is 19.7 Å². The first-order valence-electron chi connectivity index (χ1n) is 8.49. The molecule has 6 heteroatoms. The molecule has 2 rings (SSSR count). The van der Waals surface area contributed by atoms with Gasteiger partial charge in [-0.2, -0.15) is 5.26 Å². The van der Waals surface area contributed by atoms with Crippen molar-refractivity contribution in [2.45, 2.75) is 6.92 Å². The van der Waals surface area contributed by atoms with Crippen molar-refractivity contribution < 1.29 is 14.3 Å². The van der Waals surface area contributed by atoms with Gasteiger partial charge in [-0.1, -0.05) is 6.07 Å². The quantitative estimate of drug-likeness (QED) is 0.598. The van der Waals surface area contributed by atoms with Crippen LogP contribution in [0.5, 0.6) is 11.5 Å². The summed E-state index contributed by atoms with van der Waals surface area (Å²) in [5, 5.41) is 12.1. The van der Waals surface area contributed by atoms with Gasteiger partial charge in [0.05, 0.1) is 13.7 Å². The molecule has 0 saturated heterocycles. The summed E-state index contributed by atoms with van der Waals surface area (Å²) < 4.78 is 10.8. The molecule has 27 heavy (non-hydrogen) atoms. The molecule has 2 aromatic carbocycles. The average molecular weight is 365 g/mol. The van der Waals surface area contributed by atoms with Crippen LogP contribution in [-0.4, -0.2) is 33.7 Å². The summed E-state index contributed by atoms with van der Waals surface area (Å²) in [5.74, 6) is 0.687. The van der Waals surface area contributed by atoms with Crippen molar-refractivity contribution in [3.05, 3.63) is 53.6 Å². The van der Waals surface area contributed by atoms with Gasteiger partial charge in [-0.3, -0.25) is 4.79 Å². The van der Waals surface area contributed by atoms with Gasteiger partial charge in [0.15, 0.2) is 11.5 Å². The van der Waals surface area contributed by atoms with Crippen LogP contribution in [0.25, 0.3) is 6.08 Å². The summed E-state index contributed by atoms with van der Waals surface area (Å²) in [6, 6.07) is 14.6. The average Bonchev–Trinajstić information content (AvgIpc) is 2.67. The molecule has 1 amide bonds. The highest BCUT2D eigenvalue weighted by molar-refractivity contribution is 6.09. The first-order valence-corrected chi connectivity index (χ1v) is 8.49. The number of nitrogens with zero attached hydrogens (tertiary/aromatic N) is 2. The first kappa shape index (κ1) is 19.9. The normalized spacial score (nSPS) is 10.7. The van der Waals surface area contributed by atoms with Crippen molar-refractivity contribution in [2.75, 3.05) is 38.0 Å². The molecule has 1 N–H and O–H groups in total. The second-order valence-corrected chi connectivity index (χ2v) is 5.91. The second kappa shape index (κ2) is 9.30. The molecule has 0 unspecified atom stereocenters. The monoisotopic (exact) mass is 365 g/mol. The minimum Gasteiger partial charge on any atom is -0.493 e. The number of carbonyl (C=O) groups excluding carboxylic acids is 1. The highest BCUT2D eigenvalue weighted by Gasteiger charge is 2.11. The van der Waals surface area contributed by atoms with Crippen LogP contribution >= 0.6 is 0 Å². The molecule has 2 aromatic rings. The van der Waals surface area contributed by atoms with E-state index in [1.54, 1.807) is 37.4 Å². The van der Waals surface area contributed by atoms with Crippen LogP contribution < -0.4 is 19.7 Å². The molecule has 0 heterocycles. The van der Waals surface area contributed by atoms with Crippen LogP contribution in [0.4, 0.5) is 11.4 Å². The predicted molar refractivity (Wildman–Crippen MR) is 107 cm³/mol. The zero-order chi connectivity index (χ0) is 19.8. The molecular weight excluding hydrogens is 342 g/mol. The molecule has 0 aliphatic rings. The smallest absolute Gasteiger partial charge is 0.266 e. The fourth-order valence-electron chi connectivity index (χ4n) is 2.41. The summed E-state index contributed by atoms with van der Waals surface area (Å²) in [7, 11) is 5.42. The summed E-state index contributed by atoms with van der Waals surface area (Å²) in [5.41, 5.74) is 2.31. The Morgan fingerprint density at radius 2 is 1.89 bits per heavy atom. The Kier molecular flexibility index (Phi) is 6.84. The predicted octanol–water partition coefficient (Wildman–Crippen LogP) is 3.71. The molecule has 6 nitrogen and oxygen atoms in total. The molecule has 140 valence electrons. The van der Waals surface area contributed by atoms with Crippen LogP contribution in [0, 0.1) is 11.3 Å². The second-order valence-electron chi connectivity index (χ2n) is 5.91. The highest BCUT2D eigenvalue weighted by Crippen LogP contribution is 2.29. The number of benzene rings is 2. The fourth-order valence-corrected chi connectivity index (χ4v) is 2.41. The van der Waals surface area contributed by atoms with Crippen molar-refractivity contribution in [1.82, 2.24) is 0 Å². The Labute approximate surface area is 159 Å². The van der Waals surface area contributed by atoms with Crippen LogP contribution in [0.2, 0.25) is 0 Å². The Hall–Kier alpha value is -3.46. The summed E-state index contributed by atoms with van der Waals surface area (Å²) >= 11 is 0. The number of methoxy groups -OCH3 is 1. The number of nitriles is 1. The topological polar surface area (TPSA) is 74.6 Å². The van der Waals surface area contributed by atoms with Gasteiger partial charge in [-0.05, 0) is 55.0 Å². The molecule has 0 fully saturated rings. The van der Waals surface area contributed by atoms with Crippen LogP contribution in [0.15, 0.2) is 48.0 Å². The lowest BCUT2D eigenvalue weighted by atomic mass is 10.1. The summed E-state index contributed by atoms with van der Waals surface area (Å²) in [4.78, 5) is 14.4. The maximum atomic E-state index is 12.4. The van der Waals surface area contributed by atoms with Crippen molar-refractivity contribution in [1.29, 1.82) is 5.26 Å². The standard InChI is InChI=1S/C21H23N3O3/c1-5-27-19-11-6-15(13-20(19)26-4)12-16(14-22)21(25)23-17-7-9-18(10-8-17)24(2)3/h6-13H,5H2,1-4H3,(H,23,25)/b16-12+. The van der Waals surface area contributed by atoms with Crippen LogP contribution in [0.3, 0.4) is 0 Å². The number of amides is 1. The lowest BCUT2D eigenvalue weighted by Crippen LogP contribution is -2.14. The van der Waals surface area contributed by atoms with Gasteiger partial charge in [0.25, 0.3) is 5.91 Å². The Morgan fingerprint density at radius 3 is 2.44 bits per heavy atom. The largest absolute Gasteiger partial charge is 0.493 e. The number of anilines is 2. The molecule has 0 aliphatic carbocycles. The molecule has 0 aromatic heterocycles. The number of carbonyl (C=O) groups is 1. The maximum absolute atomic E-state index is 12.4. The SMILES string of the molecule is CCOc1ccc(/C=C(\C#N)C(=O)Nc2ccc(N(C)C)cc2)cc1OC. The third kappa shape index (κ3) is 5.25. The van der Waals surface area contributed by atoms with Crippen molar-refractivity contribution in [3.8, 4) is 17.6 Å². The minimum atomic E-state index is -0.469. The zero-order valence-electron chi connectivity index (χ0n) is 15.9. The van der Waals surface area contributed by atoms with Crippen LogP contribution in [0.1, 0.15) is 12.5 Å². The Bertz CT molecular complexity index is 865. The lowest BCUT2D eigenvalue weighted by Gasteiger charge is -2.13. The Morgan fingerprint density at radius 1 is 1.19 bits per heavy atom. The van der Waals surface area contributed by atoms with Gasteiger partial charge in [0, 0.05) is 25.5 Å². The van der Waals surface area contributed by atoms with E-state index in [4.69, 9.17) is 9.47 Å². The first-order chi connectivity index (χ1) is 13.0. The van der Waals surface area contributed by atoms with Crippen molar-refractivity contribution in [3.63, 3.8) is 0 Å². The van der Waals surface area contributed by atoms with Gasteiger partial charge in [0.1, 0.15) is 11.6 Å². The summed E-state index contributed by atoms with van der Waals surface area (Å²) in [6.07, 6.45) is 1.52. The van der Waals surface area contributed by atoms with Gasteiger partial charge in [0.2, 0.25) is 0 Å². The van der Waals surface area contributed by atoms with E-state index in [1.807, 2.05) is 44.1 Å². The van der Waals surface area contributed by atoms with Gasteiger partial charge >= 0.3 is 0 Å². The molecule has 0 atom stereocenters. The minimum absolute atomic E-state index is 0.00195. The molecule has 0 spiro atoms. The van der Waals surface area contributed by atoms with Crippen LogP contribution in [-0.2, 0) is 4.79 Å². The van der Waals surface area contributed by atoms with E-state index in [9.17, 15) is 10.1 Å². The van der Waals surface area contributed by atoms with E-state index in [-0.39, 0.29) is 5.57 Å². The number of hydrogen-bond acceptors (Lipinski definition) is 5. The molecule has 0 bridgehead atoms. The number of nitrogens with one attached hydrogen (secondary N) is 1. The van der Waals surface area contributed by atoms with E-state index < -0.39 is 5.91 Å².